The van der Waals surface area contributed by atoms with Crippen LogP contribution in [0.3, 0.4) is 0 Å². The number of rotatable bonds is 5. The third-order valence-corrected chi connectivity index (χ3v) is 6.80. The van der Waals surface area contributed by atoms with Crippen LogP contribution in [-0.4, -0.2) is 40.1 Å². The summed E-state index contributed by atoms with van der Waals surface area (Å²) in [4.78, 5) is 29.6. The molecule has 7 nitrogen and oxygen atoms in total. The Labute approximate surface area is 202 Å². The number of nitrogens with one attached hydrogen (secondary N) is 3. The molecular formula is C28H28N4O3. The number of nitrogens with zero attached hydrogens (tertiary/aromatic N) is 1. The SMILES string of the molecule is Cn1c2c(CNCCOC(C)(C)C)cccc2c2c3c(c4c5ccccc5[nH]c4c21)C(=O)NC3=O. The monoisotopic (exact) mass is 468 g/mol. The van der Waals surface area contributed by atoms with Crippen molar-refractivity contribution in [3.63, 3.8) is 0 Å². The highest BCUT2D eigenvalue weighted by atomic mass is 16.5. The number of hydrogen-bond acceptors (Lipinski definition) is 4. The molecule has 1 aliphatic rings. The van der Waals surface area contributed by atoms with Crippen molar-refractivity contribution in [2.45, 2.75) is 32.9 Å². The first-order valence-electron chi connectivity index (χ1n) is 11.9. The van der Waals surface area contributed by atoms with Gasteiger partial charge in [-0.2, -0.15) is 0 Å². The summed E-state index contributed by atoms with van der Waals surface area (Å²) in [6.07, 6.45) is 0. The minimum Gasteiger partial charge on any atom is -0.375 e. The second-order valence-corrected chi connectivity index (χ2v) is 10.2. The molecule has 0 saturated heterocycles. The maximum atomic E-state index is 13.1. The van der Waals surface area contributed by atoms with Gasteiger partial charge in [-0.3, -0.25) is 14.9 Å². The topological polar surface area (TPSA) is 88.2 Å². The summed E-state index contributed by atoms with van der Waals surface area (Å²) in [5, 5.41) is 9.56. The predicted molar refractivity (Wildman–Crippen MR) is 139 cm³/mol. The molecule has 35 heavy (non-hydrogen) atoms. The number of fused-ring (bicyclic) bond motifs is 10. The van der Waals surface area contributed by atoms with Crippen LogP contribution < -0.4 is 10.6 Å². The fourth-order valence-corrected chi connectivity index (χ4v) is 5.45. The van der Waals surface area contributed by atoms with E-state index in [0.29, 0.717) is 24.3 Å². The zero-order valence-corrected chi connectivity index (χ0v) is 20.3. The number of hydrogen-bond donors (Lipinski definition) is 3. The van der Waals surface area contributed by atoms with Gasteiger partial charge in [-0.15, -0.1) is 0 Å². The predicted octanol–water partition coefficient (Wildman–Crippen LogP) is 4.75. The average molecular weight is 469 g/mol. The molecule has 0 bridgehead atoms. The first-order valence-corrected chi connectivity index (χ1v) is 11.9. The first-order chi connectivity index (χ1) is 16.8. The summed E-state index contributed by atoms with van der Waals surface area (Å²) in [5.74, 6) is -0.673. The summed E-state index contributed by atoms with van der Waals surface area (Å²) in [6.45, 7) is 8.17. The van der Waals surface area contributed by atoms with Gasteiger partial charge in [0.15, 0.2) is 0 Å². The van der Waals surface area contributed by atoms with Crippen molar-refractivity contribution in [3.05, 3.63) is 59.2 Å². The van der Waals surface area contributed by atoms with Gasteiger partial charge >= 0.3 is 0 Å². The van der Waals surface area contributed by atoms with Gasteiger partial charge in [-0.1, -0.05) is 36.4 Å². The molecule has 0 fully saturated rings. The van der Waals surface area contributed by atoms with Crippen molar-refractivity contribution >= 4 is 55.4 Å². The first kappa shape index (κ1) is 21.8. The molecule has 3 aromatic carbocycles. The lowest BCUT2D eigenvalue weighted by Gasteiger charge is -2.19. The highest BCUT2D eigenvalue weighted by Crippen LogP contribution is 2.43. The molecule has 178 valence electrons. The summed E-state index contributed by atoms with van der Waals surface area (Å²) >= 11 is 0. The molecule has 3 N–H and O–H groups in total. The van der Waals surface area contributed by atoms with E-state index in [9.17, 15) is 9.59 Å². The van der Waals surface area contributed by atoms with Crippen molar-refractivity contribution < 1.29 is 14.3 Å². The van der Waals surface area contributed by atoms with Crippen LogP contribution in [0.4, 0.5) is 0 Å². The summed E-state index contributed by atoms with van der Waals surface area (Å²) in [6, 6.07) is 14.1. The molecule has 5 aromatic rings. The lowest BCUT2D eigenvalue weighted by atomic mass is 9.96. The van der Waals surface area contributed by atoms with Crippen molar-refractivity contribution in [3.8, 4) is 0 Å². The smallest absolute Gasteiger partial charge is 0.259 e. The standard InChI is InChI=1S/C28H28N4O3/c1-28(2,3)35-13-12-29-14-15-8-7-10-17-20-22-21(26(33)31-27(22)34)19-16-9-5-6-11-18(16)30-23(19)25(20)32(4)24(15)17/h5-11,29-30H,12-14H2,1-4H3,(H,31,33,34). The van der Waals surface area contributed by atoms with Gasteiger partial charge in [0.25, 0.3) is 11.8 Å². The zero-order chi connectivity index (χ0) is 24.5. The molecule has 2 aromatic heterocycles. The Balaban J connectivity index is 1.58. The van der Waals surface area contributed by atoms with Gasteiger partial charge in [0, 0.05) is 47.2 Å². The minimum absolute atomic E-state index is 0.166. The molecular weight excluding hydrogens is 440 g/mol. The van der Waals surface area contributed by atoms with Crippen molar-refractivity contribution in [1.29, 1.82) is 0 Å². The summed E-state index contributed by atoms with van der Waals surface area (Å²) in [5.41, 5.74) is 5.68. The van der Waals surface area contributed by atoms with E-state index in [2.05, 4.69) is 26.3 Å². The lowest BCUT2D eigenvalue weighted by molar-refractivity contribution is -0.000887. The van der Waals surface area contributed by atoms with Crippen LogP contribution in [0, 0.1) is 0 Å². The van der Waals surface area contributed by atoms with Gasteiger partial charge in [-0.25, -0.2) is 0 Å². The number of aryl methyl sites for hydroxylation is 1. The lowest BCUT2D eigenvalue weighted by Crippen LogP contribution is -2.26. The van der Waals surface area contributed by atoms with E-state index in [0.717, 1.165) is 55.7 Å². The van der Waals surface area contributed by atoms with E-state index in [1.54, 1.807) is 0 Å². The fourth-order valence-electron chi connectivity index (χ4n) is 5.45. The van der Waals surface area contributed by atoms with Gasteiger partial charge in [0.05, 0.1) is 39.9 Å². The third-order valence-electron chi connectivity index (χ3n) is 6.80. The summed E-state index contributed by atoms with van der Waals surface area (Å²) in [7, 11) is 2.03. The Morgan fingerprint density at radius 1 is 0.914 bits per heavy atom. The number of aromatic nitrogens is 2. The van der Waals surface area contributed by atoms with Crippen LogP contribution in [0.2, 0.25) is 0 Å². The van der Waals surface area contributed by atoms with Crippen molar-refractivity contribution in [2.75, 3.05) is 13.2 Å². The van der Waals surface area contributed by atoms with Gasteiger partial charge in [-0.05, 0) is 32.4 Å². The van der Waals surface area contributed by atoms with Crippen LogP contribution in [-0.2, 0) is 18.3 Å². The van der Waals surface area contributed by atoms with Gasteiger partial charge < -0.3 is 19.6 Å². The molecule has 0 unspecified atom stereocenters. The zero-order valence-electron chi connectivity index (χ0n) is 20.3. The van der Waals surface area contributed by atoms with Crippen molar-refractivity contribution in [2.24, 2.45) is 7.05 Å². The number of amides is 2. The van der Waals surface area contributed by atoms with Crippen LogP contribution in [0.25, 0.3) is 43.6 Å². The Kier molecular flexibility index (Phi) is 4.78. The number of benzene rings is 3. The van der Waals surface area contributed by atoms with Crippen molar-refractivity contribution in [1.82, 2.24) is 20.2 Å². The number of ether oxygens (including phenoxy) is 1. The number of carbonyl (C=O) groups is 2. The molecule has 0 radical (unpaired) electrons. The van der Waals surface area contributed by atoms with Crippen LogP contribution in [0.5, 0.6) is 0 Å². The Bertz CT molecular complexity index is 1680. The Morgan fingerprint density at radius 3 is 2.40 bits per heavy atom. The normalized spacial score (nSPS) is 14.1. The molecule has 0 aliphatic carbocycles. The highest BCUT2D eigenvalue weighted by molar-refractivity contribution is 6.39. The van der Waals surface area contributed by atoms with E-state index in [4.69, 9.17) is 4.74 Å². The van der Waals surface area contributed by atoms with Crippen LogP contribution >= 0.6 is 0 Å². The Morgan fingerprint density at radius 2 is 1.63 bits per heavy atom. The van der Waals surface area contributed by atoms with Crippen LogP contribution in [0.15, 0.2) is 42.5 Å². The van der Waals surface area contributed by atoms with E-state index in [1.807, 2.05) is 64.2 Å². The number of para-hydroxylation sites is 2. The number of H-pyrrole nitrogens is 1. The molecule has 6 rings (SSSR count). The largest absolute Gasteiger partial charge is 0.375 e. The second-order valence-electron chi connectivity index (χ2n) is 10.2. The van der Waals surface area contributed by atoms with Gasteiger partial charge in [0.1, 0.15) is 0 Å². The summed E-state index contributed by atoms with van der Waals surface area (Å²) < 4.78 is 7.98. The molecule has 0 spiro atoms. The fraction of sp³-hybridized carbons (Fsp3) is 0.286. The number of carbonyl (C=O) groups excluding carboxylic acids is 2. The number of aromatic amines is 1. The molecule has 7 heteroatoms. The maximum Gasteiger partial charge on any atom is 0.259 e. The van der Waals surface area contributed by atoms with Gasteiger partial charge in [0.2, 0.25) is 0 Å². The highest BCUT2D eigenvalue weighted by Gasteiger charge is 2.35. The molecule has 1 aliphatic heterocycles. The van der Waals surface area contributed by atoms with E-state index in [1.165, 1.54) is 0 Å². The molecule has 0 atom stereocenters. The maximum absolute atomic E-state index is 13.1. The molecule has 2 amide bonds. The minimum atomic E-state index is -0.338. The third kappa shape index (κ3) is 3.26. The Hall–Kier alpha value is -3.68. The molecule has 0 saturated carbocycles. The second kappa shape index (κ2) is 7.66. The average Bonchev–Trinajstić information content (AvgIpc) is 3.43. The van der Waals surface area contributed by atoms with E-state index in [-0.39, 0.29) is 17.4 Å². The quantitative estimate of drug-likeness (QED) is 0.256. The van der Waals surface area contributed by atoms with E-state index >= 15 is 0 Å². The van der Waals surface area contributed by atoms with Crippen LogP contribution in [0.1, 0.15) is 47.1 Å². The molecule has 3 heterocycles. The van der Waals surface area contributed by atoms with E-state index < -0.39 is 0 Å². The number of imide groups is 1.